The summed E-state index contributed by atoms with van der Waals surface area (Å²) >= 11 is 20.7. The number of pyridine rings is 1. The Morgan fingerprint density at radius 2 is 1.71 bits per heavy atom. The van der Waals surface area contributed by atoms with Gasteiger partial charge >= 0.3 is 0 Å². The third-order valence-electron chi connectivity index (χ3n) is 2.39. The Morgan fingerprint density at radius 3 is 2.38 bits per heavy atom. The van der Waals surface area contributed by atoms with Crippen molar-refractivity contribution < 1.29 is 8.42 Å². The van der Waals surface area contributed by atoms with Gasteiger partial charge in [0.1, 0.15) is 10.7 Å². The first-order valence-electron chi connectivity index (χ1n) is 5.29. The molecule has 0 atom stereocenters. The third kappa shape index (κ3) is 3.73. The largest absolute Gasteiger partial charge is 0.383 e. The maximum Gasteiger partial charge on any atom is 0.265 e. The van der Waals surface area contributed by atoms with Crippen molar-refractivity contribution in [3.8, 4) is 0 Å². The van der Waals surface area contributed by atoms with Gasteiger partial charge in [0.15, 0.2) is 0 Å². The monoisotopic (exact) mass is 429 g/mol. The predicted octanol–water partition coefficient (Wildman–Crippen LogP) is 4.19. The van der Waals surface area contributed by atoms with Crippen LogP contribution in [0, 0.1) is 0 Å². The second kappa shape index (κ2) is 6.18. The van der Waals surface area contributed by atoms with Crippen LogP contribution in [0.4, 0.5) is 11.5 Å². The molecule has 2 aromatic rings. The molecule has 0 radical (unpaired) electrons. The Balaban J connectivity index is 2.47. The van der Waals surface area contributed by atoms with Crippen molar-refractivity contribution in [1.82, 2.24) is 4.98 Å². The quantitative estimate of drug-likeness (QED) is 0.714. The molecule has 0 unspecified atom stereocenters. The molecule has 0 amide bonds. The van der Waals surface area contributed by atoms with Gasteiger partial charge in [-0.25, -0.2) is 13.4 Å². The van der Waals surface area contributed by atoms with Crippen molar-refractivity contribution in [2.24, 2.45) is 0 Å². The molecule has 0 aliphatic carbocycles. The highest BCUT2D eigenvalue weighted by molar-refractivity contribution is 9.10. The third-order valence-corrected chi connectivity index (χ3v) is 5.26. The molecule has 1 aromatic heterocycles. The molecule has 0 bridgehead atoms. The Bertz CT molecular complexity index is 815. The van der Waals surface area contributed by atoms with Gasteiger partial charge in [-0.3, -0.25) is 4.72 Å². The van der Waals surface area contributed by atoms with E-state index in [9.17, 15) is 8.42 Å². The first kappa shape index (κ1) is 16.6. The minimum absolute atomic E-state index is 0.0884. The highest BCUT2D eigenvalue weighted by atomic mass is 79.9. The molecule has 1 heterocycles. The zero-order valence-corrected chi connectivity index (χ0v) is 14.7. The Hall–Kier alpha value is -0.730. The normalized spacial score (nSPS) is 11.4. The van der Waals surface area contributed by atoms with Crippen molar-refractivity contribution in [1.29, 1.82) is 0 Å². The molecule has 112 valence electrons. The summed E-state index contributed by atoms with van der Waals surface area (Å²) in [5.41, 5.74) is 5.68. The van der Waals surface area contributed by atoms with Gasteiger partial charge in [0.05, 0.1) is 20.8 Å². The van der Waals surface area contributed by atoms with Crippen LogP contribution < -0.4 is 10.5 Å². The molecule has 5 nitrogen and oxygen atoms in total. The molecule has 0 saturated heterocycles. The van der Waals surface area contributed by atoms with Crippen LogP contribution >= 0.6 is 50.7 Å². The van der Waals surface area contributed by atoms with Crippen LogP contribution in [0.15, 0.2) is 33.8 Å². The number of nitrogens with one attached hydrogen (secondary N) is 1. The number of nitrogens with zero attached hydrogens (tertiary/aromatic N) is 1. The number of sulfonamides is 1. The van der Waals surface area contributed by atoms with Crippen LogP contribution in [-0.4, -0.2) is 13.4 Å². The number of anilines is 2. The first-order chi connectivity index (χ1) is 9.70. The zero-order valence-electron chi connectivity index (χ0n) is 10.1. The summed E-state index contributed by atoms with van der Waals surface area (Å²) in [6.07, 6.45) is 1.39. The molecular formula is C11H7BrCl3N3O2S. The molecule has 2 rings (SSSR count). The fourth-order valence-electron chi connectivity index (χ4n) is 1.45. The van der Waals surface area contributed by atoms with E-state index in [1.165, 1.54) is 24.4 Å². The highest BCUT2D eigenvalue weighted by Crippen LogP contribution is 2.34. The summed E-state index contributed by atoms with van der Waals surface area (Å²) in [5.74, 6) is -0.137. The number of nitrogen functional groups attached to an aromatic ring is 1. The lowest BCUT2D eigenvalue weighted by Crippen LogP contribution is -2.16. The Kier molecular flexibility index (Phi) is 4.89. The smallest absolute Gasteiger partial charge is 0.265 e. The molecular weight excluding hydrogens is 424 g/mol. The van der Waals surface area contributed by atoms with Crippen molar-refractivity contribution in [3.63, 3.8) is 0 Å². The number of benzene rings is 1. The summed E-state index contributed by atoms with van der Waals surface area (Å²) < 4.78 is 27.4. The summed E-state index contributed by atoms with van der Waals surface area (Å²) in [7, 11) is -3.97. The van der Waals surface area contributed by atoms with E-state index >= 15 is 0 Å². The SMILES string of the molecule is Nc1ncc(Br)cc1S(=O)(=O)Nc1cc(Cl)c(Cl)cc1Cl. The second-order valence-electron chi connectivity index (χ2n) is 3.89. The van der Waals surface area contributed by atoms with E-state index in [0.29, 0.717) is 4.47 Å². The summed E-state index contributed by atoms with van der Waals surface area (Å²) in [6.45, 7) is 0. The fourth-order valence-corrected chi connectivity index (χ4v) is 3.76. The second-order valence-corrected chi connectivity index (χ2v) is 7.68. The zero-order chi connectivity index (χ0) is 15.8. The molecule has 0 saturated carbocycles. The molecule has 0 fully saturated rings. The van der Waals surface area contributed by atoms with Crippen molar-refractivity contribution in [2.45, 2.75) is 4.90 Å². The molecule has 0 aliphatic heterocycles. The molecule has 1 aromatic carbocycles. The summed E-state index contributed by atoms with van der Waals surface area (Å²) in [6, 6.07) is 3.98. The summed E-state index contributed by atoms with van der Waals surface area (Å²) in [4.78, 5) is 3.59. The minimum atomic E-state index is -3.97. The van der Waals surface area contributed by atoms with Gasteiger partial charge in [-0.1, -0.05) is 34.8 Å². The van der Waals surface area contributed by atoms with Gasteiger partial charge < -0.3 is 5.73 Å². The van der Waals surface area contributed by atoms with Gasteiger partial charge in [-0.05, 0) is 34.1 Å². The van der Waals surface area contributed by atoms with Gasteiger partial charge in [0.25, 0.3) is 10.0 Å². The fraction of sp³-hybridized carbons (Fsp3) is 0. The van der Waals surface area contributed by atoms with E-state index in [1.807, 2.05) is 0 Å². The molecule has 10 heteroatoms. The van der Waals surface area contributed by atoms with Gasteiger partial charge in [0, 0.05) is 10.7 Å². The Labute approximate surface area is 144 Å². The topological polar surface area (TPSA) is 85.1 Å². The lowest BCUT2D eigenvalue weighted by atomic mass is 10.3. The number of hydrogen-bond donors (Lipinski definition) is 2. The number of rotatable bonds is 3. The van der Waals surface area contributed by atoms with E-state index in [1.54, 1.807) is 0 Å². The van der Waals surface area contributed by atoms with Gasteiger partial charge in [-0.2, -0.15) is 0 Å². The van der Waals surface area contributed by atoms with Crippen molar-refractivity contribution in [2.75, 3.05) is 10.5 Å². The lowest BCUT2D eigenvalue weighted by Gasteiger charge is -2.12. The molecule has 0 spiro atoms. The predicted molar refractivity (Wildman–Crippen MR) is 88.6 cm³/mol. The number of hydrogen-bond acceptors (Lipinski definition) is 4. The van der Waals surface area contributed by atoms with E-state index in [4.69, 9.17) is 40.5 Å². The maximum atomic E-state index is 12.3. The Morgan fingerprint density at radius 1 is 1.10 bits per heavy atom. The van der Waals surface area contributed by atoms with Crippen molar-refractivity contribution in [3.05, 3.63) is 43.9 Å². The minimum Gasteiger partial charge on any atom is -0.383 e. The maximum absolute atomic E-state index is 12.3. The summed E-state index contributed by atoms with van der Waals surface area (Å²) in [5, 5.41) is 0.488. The van der Waals surface area contributed by atoms with E-state index in [2.05, 4.69) is 25.6 Å². The van der Waals surface area contributed by atoms with Crippen LogP contribution in [-0.2, 0) is 10.0 Å². The van der Waals surface area contributed by atoms with Gasteiger partial charge in [-0.15, -0.1) is 0 Å². The van der Waals surface area contributed by atoms with Gasteiger partial charge in [0.2, 0.25) is 0 Å². The molecule has 0 aliphatic rings. The van der Waals surface area contributed by atoms with E-state index < -0.39 is 10.0 Å². The van der Waals surface area contributed by atoms with Crippen LogP contribution in [0.25, 0.3) is 0 Å². The number of aromatic nitrogens is 1. The first-order valence-corrected chi connectivity index (χ1v) is 8.70. The van der Waals surface area contributed by atoms with E-state index in [0.717, 1.165) is 0 Å². The highest BCUT2D eigenvalue weighted by Gasteiger charge is 2.21. The van der Waals surface area contributed by atoms with Crippen LogP contribution in [0.3, 0.4) is 0 Å². The average Bonchev–Trinajstić information content (AvgIpc) is 2.38. The molecule has 3 N–H and O–H groups in total. The number of nitrogens with two attached hydrogens (primary N) is 1. The van der Waals surface area contributed by atoms with Crippen LogP contribution in [0.2, 0.25) is 15.1 Å². The number of halogens is 4. The average molecular weight is 432 g/mol. The van der Waals surface area contributed by atoms with Crippen molar-refractivity contribution >= 4 is 72.3 Å². The lowest BCUT2D eigenvalue weighted by molar-refractivity contribution is 0.601. The standard InChI is InChI=1S/C11H7BrCl3N3O2S/c12-5-1-10(11(16)17-4-5)21(19,20)18-9-3-7(14)6(13)2-8(9)15/h1-4,18H,(H2,16,17). The van der Waals surface area contributed by atoms with Crippen LogP contribution in [0.5, 0.6) is 0 Å². The van der Waals surface area contributed by atoms with Crippen LogP contribution in [0.1, 0.15) is 0 Å². The van der Waals surface area contributed by atoms with E-state index in [-0.39, 0.29) is 31.5 Å². The molecule has 21 heavy (non-hydrogen) atoms.